The van der Waals surface area contributed by atoms with Gasteiger partial charge in [0.15, 0.2) is 0 Å². The summed E-state index contributed by atoms with van der Waals surface area (Å²) in [5, 5.41) is 21.5. The Morgan fingerprint density at radius 1 is 1.00 bits per heavy atom. The van der Waals surface area contributed by atoms with E-state index in [-0.39, 0.29) is 69.6 Å². The van der Waals surface area contributed by atoms with E-state index in [0.29, 0.717) is 0 Å². The van der Waals surface area contributed by atoms with E-state index in [9.17, 15) is 0 Å². The molecule has 0 aliphatic carbocycles. The van der Waals surface area contributed by atoms with Crippen LogP contribution in [0, 0.1) is 36.9 Å². The molecule has 0 amide bonds. The van der Waals surface area contributed by atoms with Gasteiger partial charge in [-0.15, -0.1) is 0 Å². The Bertz CT molecular complexity index is 15.5. The second-order valence-corrected chi connectivity index (χ2v) is 0.346. The summed E-state index contributed by atoms with van der Waals surface area (Å²) in [6.45, 7) is 0. The number of rotatable bonds is 0. The maximum Gasteiger partial charge on any atom is 0.631 e. The van der Waals surface area contributed by atoms with E-state index in [1.165, 1.54) is 0 Å². The summed E-state index contributed by atoms with van der Waals surface area (Å²) in [4.78, 5) is 0. The van der Waals surface area contributed by atoms with E-state index < -0.39 is 7.32 Å². The Morgan fingerprint density at radius 2 is 1.00 bits per heavy atom. The van der Waals surface area contributed by atoms with Gasteiger partial charge in [-0.3, -0.25) is 0 Å². The summed E-state index contributed by atoms with van der Waals surface area (Å²) >= 11 is 0. The summed E-state index contributed by atoms with van der Waals surface area (Å²) in [6, 6.07) is 0. The van der Waals surface area contributed by atoms with Crippen LogP contribution in [0.2, 0.25) is 0 Å². The zero-order valence-corrected chi connectivity index (χ0v) is 7.39. The smallest absolute Gasteiger partial charge is 0.402 e. The molecule has 0 saturated carbocycles. The SMILES string of the molecule is OB(O)O.[Tm].[Y]. The summed E-state index contributed by atoms with van der Waals surface area (Å²) in [6.07, 6.45) is 0. The van der Waals surface area contributed by atoms with E-state index in [1.807, 2.05) is 0 Å². The van der Waals surface area contributed by atoms with Gasteiger partial charge in [0.25, 0.3) is 0 Å². The Kier molecular flexibility index (Phi) is 27.0. The van der Waals surface area contributed by atoms with Gasteiger partial charge in [-0.05, 0) is 0 Å². The van der Waals surface area contributed by atoms with Crippen molar-refractivity contribution in [2.24, 2.45) is 0 Å². The van der Waals surface area contributed by atoms with Crippen LogP contribution in [0.15, 0.2) is 0 Å². The average Bonchev–Trinajstić information content (AvgIpc) is 0.811. The molecule has 0 aliphatic rings. The molecule has 0 rings (SSSR count). The van der Waals surface area contributed by atoms with Gasteiger partial charge in [-0.25, -0.2) is 0 Å². The predicted octanol–water partition coefficient (Wildman–Crippen LogP) is -2.05. The maximum absolute atomic E-state index is 7.17. The van der Waals surface area contributed by atoms with Crippen molar-refractivity contribution in [2.45, 2.75) is 0 Å². The first-order chi connectivity index (χ1) is 1.73. The first-order valence-corrected chi connectivity index (χ1v) is 0.775. The maximum atomic E-state index is 7.17. The van der Waals surface area contributed by atoms with Crippen LogP contribution >= 0.6 is 0 Å². The molecule has 2 radical (unpaired) electrons. The molecule has 6 heteroatoms. The molecule has 0 saturated heterocycles. The van der Waals surface area contributed by atoms with E-state index in [4.69, 9.17) is 15.1 Å². The predicted molar refractivity (Wildman–Crippen MR) is 12.4 cm³/mol. The van der Waals surface area contributed by atoms with Crippen LogP contribution in [0.1, 0.15) is 0 Å². The van der Waals surface area contributed by atoms with Crippen molar-refractivity contribution in [2.75, 3.05) is 0 Å². The Morgan fingerprint density at radius 3 is 1.00 bits per heavy atom. The fraction of sp³-hybridized carbons (Fsp3) is 0. The third-order valence-electron chi connectivity index (χ3n) is 0. The second-order valence-electron chi connectivity index (χ2n) is 0.346. The molecule has 0 aromatic carbocycles. The molecule has 0 fully saturated rings. The Labute approximate surface area is 90.4 Å². The van der Waals surface area contributed by atoms with Gasteiger partial charge in [-0.2, -0.15) is 0 Å². The van der Waals surface area contributed by atoms with Crippen LogP contribution in [0.4, 0.5) is 0 Å². The molecular formula is H3BO3TmY. The Balaban J connectivity index is -0.0000000450. The average molecular weight is 320 g/mol. The second kappa shape index (κ2) is 10.3. The quantitative estimate of drug-likeness (QED) is 0.450. The van der Waals surface area contributed by atoms with Crippen LogP contribution in [0.3, 0.4) is 0 Å². The molecule has 0 aliphatic heterocycles. The molecular weight excluding hydrogens is 317 g/mol. The van der Waals surface area contributed by atoms with Gasteiger partial charge in [-0.1, -0.05) is 0 Å². The van der Waals surface area contributed by atoms with Gasteiger partial charge >= 0.3 is 7.32 Å². The van der Waals surface area contributed by atoms with E-state index in [2.05, 4.69) is 0 Å². The third-order valence-corrected chi connectivity index (χ3v) is 0. The van der Waals surface area contributed by atoms with Gasteiger partial charge in [0.2, 0.25) is 0 Å². The van der Waals surface area contributed by atoms with Gasteiger partial charge in [0.1, 0.15) is 0 Å². The van der Waals surface area contributed by atoms with Crippen molar-refractivity contribution in [3.8, 4) is 0 Å². The fourth-order valence-electron chi connectivity index (χ4n) is 0. The van der Waals surface area contributed by atoms with Crippen LogP contribution in [-0.2, 0) is 32.7 Å². The van der Waals surface area contributed by atoms with E-state index in [0.717, 1.165) is 0 Å². The summed E-state index contributed by atoms with van der Waals surface area (Å²) < 4.78 is 0. The molecule has 3 nitrogen and oxygen atoms in total. The normalized spacial score (nSPS) is 4.50. The molecule has 0 spiro atoms. The fourth-order valence-corrected chi connectivity index (χ4v) is 0. The van der Waals surface area contributed by atoms with Crippen molar-refractivity contribution < 1.29 is 84.7 Å². The van der Waals surface area contributed by atoms with Crippen LogP contribution < -0.4 is 0 Å². The molecule has 40 valence electrons. The van der Waals surface area contributed by atoms with Crippen molar-refractivity contribution in [1.29, 1.82) is 0 Å². The first-order valence-electron chi connectivity index (χ1n) is 0.775. The molecule has 0 atom stereocenters. The topological polar surface area (TPSA) is 60.7 Å². The first kappa shape index (κ1) is 15.7. The van der Waals surface area contributed by atoms with E-state index >= 15 is 0 Å². The summed E-state index contributed by atoms with van der Waals surface area (Å²) in [5.41, 5.74) is 0. The molecule has 0 heterocycles. The largest absolute Gasteiger partial charge is 0.631 e. The number of hydrogen-bond acceptors (Lipinski definition) is 3. The van der Waals surface area contributed by atoms with Crippen molar-refractivity contribution in [1.82, 2.24) is 0 Å². The minimum atomic E-state index is -2.17. The van der Waals surface area contributed by atoms with Gasteiger partial charge in [0, 0.05) is 69.6 Å². The Hall–Kier alpha value is 2.28. The standard InChI is InChI=1S/BH3O3.Tm.Y/c2-1(3)4;;/h2-4H;;. The molecule has 0 aromatic rings. The molecule has 0 unspecified atom stereocenters. The molecule has 6 heavy (non-hydrogen) atoms. The van der Waals surface area contributed by atoms with Gasteiger partial charge < -0.3 is 15.1 Å². The minimum Gasteiger partial charge on any atom is -0.402 e. The van der Waals surface area contributed by atoms with Crippen LogP contribution in [0.25, 0.3) is 0 Å². The zero-order valence-electron chi connectivity index (χ0n) is 2.77. The molecule has 0 bridgehead atoms. The number of hydrogen-bond donors (Lipinski definition) is 3. The van der Waals surface area contributed by atoms with Crippen molar-refractivity contribution >= 4 is 7.32 Å². The molecule has 3 N–H and O–H groups in total. The minimum absolute atomic E-state index is 0. The van der Waals surface area contributed by atoms with Crippen LogP contribution in [-0.4, -0.2) is 22.4 Å². The van der Waals surface area contributed by atoms with Crippen molar-refractivity contribution in [3.63, 3.8) is 0 Å². The molecule has 0 aromatic heterocycles. The monoisotopic (exact) mass is 320 g/mol. The summed E-state index contributed by atoms with van der Waals surface area (Å²) in [7, 11) is -2.17. The zero-order chi connectivity index (χ0) is 3.58. The van der Waals surface area contributed by atoms with Crippen molar-refractivity contribution in [3.05, 3.63) is 0 Å². The van der Waals surface area contributed by atoms with Crippen LogP contribution in [0.5, 0.6) is 0 Å². The van der Waals surface area contributed by atoms with E-state index in [1.54, 1.807) is 0 Å². The summed E-state index contributed by atoms with van der Waals surface area (Å²) in [5.74, 6) is 0. The van der Waals surface area contributed by atoms with Gasteiger partial charge in [0.05, 0.1) is 0 Å². The third kappa shape index (κ3) is 33.6.